The molecule has 0 saturated carbocycles. The van der Waals surface area contributed by atoms with Crippen molar-refractivity contribution in [2.24, 2.45) is 0 Å². The summed E-state index contributed by atoms with van der Waals surface area (Å²) in [5.74, 6) is -0.981. The Morgan fingerprint density at radius 2 is 2.30 bits per heavy atom. The van der Waals surface area contributed by atoms with Crippen LogP contribution in [0.1, 0.15) is 33.1 Å². The van der Waals surface area contributed by atoms with Crippen LogP contribution in [0.25, 0.3) is 0 Å². The van der Waals surface area contributed by atoms with Crippen molar-refractivity contribution in [3.63, 3.8) is 0 Å². The molecule has 3 unspecified atom stereocenters. The van der Waals surface area contributed by atoms with Crippen LogP contribution in [0, 0.1) is 0 Å². The lowest BCUT2D eigenvalue weighted by Crippen LogP contribution is -2.51. The summed E-state index contributed by atoms with van der Waals surface area (Å²) in [6.07, 6.45) is 4.68. The first-order chi connectivity index (χ1) is 9.32. The number of carbonyl (C=O) groups excluding carboxylic acids is 1. The number of hydrogen-bond donors (Lipinski definition) is 0. The van der Waals surface area contributed by atoms with Gasteiger partial charge in [-0.2, -0.15) is 0 Å². The van der Waals surface area contributed by atoms with Crippen molar-refractivity contribution >= 4 is 17.4 Å². The molecule has 2 aliphatic heterocycles. The Morgan fingerprint density at radius 3 is 2.95 bits per heavy atom. The third-order valence-electron chi connectivity index (χ3n) is 4.36. The van der Waals surface area contributed by atoms with Crippen molar-refractivity contribution in [3.05, 3.63) is 24.3 Å². The van der Waals surface area contributed by atoms with Crippen LogP contribution >= 0.6 is 11.6 Å². The van der Waals surface area contributed by atoms with Gasteiger partial charge >= 0.3 is 0 Å². The Labute approximate surface area is 123 Å². The van der Waals surface area contributed by atoms with Gasteiger partial charge in [-0.25, -0.2) is 0 Å². The predicted molar refractivity (Wildman–Crippen MR) is 74.4 cm³/mol. The number of Topliss-reactive ketones (excluding diaryl/α,β-unsaturated/α-hetero) is 1. The normalized spacial score (nSPS) is 40.2. The van der Waals surface area contributed by atoms with Crippen molar-refractivity contribution in [1.82, 2.24) is 0 Å². The van der Waals surface area contributed by atoms with Gasteiger partial charge in [0.2, 0.25) is 5.79 Å². The fourth-order valence-corrected chi connectivity index (χ4v) is 3.33. The highest BCUT2D eigenvalue weighted by Gasteiger charge is 2.68. The Bertz CT molecular complexity index is 493. The summed E-state index contributed by atoms with van der Waals surface area (Å²) in [4.78, 5) is 11.7. The van der Waals surface area contributed by atoms with Gasteiger partial charge in [0.1, 0.15) is 5.60 Å². The van der Waals surface area contributed by atoms with Crippen LogP contribution in [-0.4, -0.2) is 34.9 Å². The van der Waals surface area contributed by atoms with Gasteiger partial charge < -0.3 is 14.2 Å². The first-order valence-corrected chi connectivity index (χ1v) is 7.20. The molecule has 3 atom stereocenters. The third kappa shape index (κ3) is 1.90. The fourth-order valence-electron chi connectivity index (χ4n) is 3.21. The number of ketones is 1. The molecule has 0 aromatic carbocycles. The summed E-state index contributed by atoms with van der Waals surface area (Å²) < 4.78 is 17.6. The molecule has 2 fully saturated rings. The highest BCUT2D eigenvalue weighted by molar-refractivity contribution is 6.23. The first-order valence-electron chi connectivity index (χ1n) is 6.82. The lowest BCUT2D eigenvalue weighted by Gasteiger charge is -2.37. The molecule has 4 nitrogen and oxygen atoms in total. The van der Waals surface area contributed by atoms with Gasteiger partial charge in [0.25, 0.3) is 0 Å². The molecule has 2 saturated heterocycles. The first kappa shape index (κ1) is 14.3. The number of alkyl halides is 1. The summed E-state index contributed by atoms with van der Waals surface area (Å²) in [5.41, 5.74) is 0.0218. The number of hydrogen-bond acceptors (Lipinski definition) is 4. The molecule has 5 heteroatoms. The van der Waals surface area contributed by atoms with Crippen LogP contribution in [0.4, 0.5) is 0 Å². The zero-order valence-corrected chi connectivity index (χ0v) is 12.5. The molecule has 0 bridgehead atoms. The molecule has 0 aromatic heterocycles. The summed E-state index contributed by atoms with van der Waals surface area (Å²) in [6.45, 7) is 7.63. The van der Waals surface area contributed by atoms with E-state index in [1.165, 1.54) is 0 Å². The van der Waals surface area contributed by atoms with Crippen molar-refractivity contribution in [2.75, 3.05) is 6.79 Å². The minimum atomic E-state index is -1.01. The Hall–Kier alpha value is -0.680. The van der Waals surface area contributed by atoms with Gasteiger partial charge in [0.15, 0.2) is 12.6 Å². The monoisotopic (exact) mass is 298 g/mol. The molecular weight excluding hydrogens is 280 g/mol. The van der Waals surface area contributed by atoms with Crippen LogP contribution in [-0.2, 0) is 19.0 Å². The Balaban J connectivity index is 2.01. The predicted octanol–water partition coefficient (Wildman–Crippen LogP) is 2.71. The maximum Gasteiger partial charge on any atom is 0.211 e. The SMILES string of the molecule is C=CCC1=CC23CC(C(C)(C)Cl)OC2(CC1=O)OCO3. The molecule has 2 heterocycles. The average molecular weight is 299 g/mol. The van der Waals surface area contributed by atoms with Gasteiger partial charge in [-0.05, 0) is 31.9 Å². The van der Waals surface area contributed by atoms with Crippen molar-refractivity contribution in [2.45, 2.75) is 55.5 Å². The Morgan fingerprint density at radius 1 is 1.55 bits per heavy atom. The maximum atomic E-state index is 12.3. The summed E-state index contributed by atoms with van der Waals surface area (Å²) in [6, 6.07) is 0. The molecule has 1 aliphatic carbocycles. The van der Waals surface area contributed by atoms with Crippen LogP contribution in [0.2, 0.25) is 0 Å². The number of allylic oxidation sites excluding steroid dienone is 2. The van der Waals surface area contributed by atoms with Crippen LogP contribution in [0.3, 0.4) is 0 Å². The molecule has 0 N–H and O–H groups in total. The van der Waals surface area contributed by atoms with E-state index in [0.717, 1.165) is 5.57 Å². The van der Waals surface area contributed by atoms with E-state index in [1.54, 1.807) is 6.08 Å². The van der Waals surface area contributed by atoms with E-state index < -0.39 is 16.3 Å². The van der Waals surface area contributed by atoms with Crippen molar-refractivity contribution in [1.29, 1.82) is 0 Å². The second-order valence-electron chi connectivity index (χ2n) is 6.19. The van der Waals surface area contributed by atoms with Gasteiger partial charge in [-0.3, -0.25) is 4.79 Å². The smallest absolute Gasteiger partial charge is 0.211 e. The number of ether oxygens (including phenoxy) is 3. The molecule has 110 valence electrons. The third-order valence-corrected chi connectivity index (χ3v) is 4.61. The molecular formula is C15H19ClO4. The fraction of sp³-hybridized carbons (Fsp3) is 0.667. The van der Waals surface area contributed by atoms with E-state index >= 15 is 0 Å². The van der Waals surface area contributed by atoms with Gasteiger partial charge in [-0.15, -0.1) is 18.2 Å². The number of carbonyl (C=O) groups is 1. The lowest BCUT2D eigenvalue weighted by molar-refractivity contribution is -0.220. The maximum absolute atomic E-state index is 12.3. The van der Waals surface area contributed by atoms with Crippen molar-refractivity contribution < 1.29 is 19.0 Å². The lowest BCUT2D eigenvalue weighted by atomic mass is 9.78. The minimum Gasteiger partial charge on any atom is -0.341 e. The average Bonchev–Trinajstić information content (AvgIpc) is 2.80. The van der Waals surface area contributed by atoms with E-state index in [-0.39, 0.29) is 25.1 Å². The van der Waals surface area contributed by atoms with Crippen LogP contribution in [0.15, 0.2) is 24.3 Å². The molecule has 3 aliphatic rings. The highest BCUT2D eigenvalue weighted by atomic mass is 35.5. The van der Waals surface area contributed by atoms with Crippen LogP contribution < -0.4 is 0 Å². The standard InChI is InChI=1S/C15H19ClO4/c1-4-5-10-6-14-8-12(13(2,3)16)20-15(14,7-11(10)17)19-9-18-14/h4,6,12H,1,5,7-9H2,2-3H3. The molecule has 20 heavy (non-hydrogen) atoms. The van der Waals surface area contributed by atoms with Gasteiger partial charge in [-0.1, -0.05) is 6.08 Å². The summed E-state index contributed by atoms with van der Waals surface area (Å²) >= 11 is 6.39. The molecule has 0 amide bonds. The molecule has 0 radical (unpaired) electrons. The topological polar surface area (TPSA) is 44.8 Å². The van der Waals surface area contributed by atoms with E-state index in [4.69, 9.17) is 25.8 Å². The number of rotatable bonds is 3. The minimum absolute atomic E-state index is 0.0269. The zero-order chi connectivity index (χ0) is 14.6. The quantitative estimate of drug-likeness (QED) is 0.593. The van der Waals surface area contributed by atoms with E-state index in [2.05, 4.69) is 6.58 Å². The summed E-state index contributed by atoms with van der Waals surface area (Å²) in [5, 5.41) is 0. The van der Waals surface area contributed by atoms with E-state index in [9.17, 15) is 4.79 Å². The van der Waals surface area contributed by atoms with Gasteiger partial charge in [0.05, 0.1) is 17.4 Å². The second kappa shape index (κ2) is 4.41. The zero-order valence-electron chi connectivity index (χ0n) is 11.8. The Kier molecular flexibility index (Phi) is 3.14. The second-order valence-corrected chi connectivity index (χ2v) is 7.16. The number of halogens is 1. The summed E-state index contributed by atoms with van der Waals surface area (Å²) in [7, 11) is 0. The van der Waals surface area contributed by atoms with Gasteiger partial charge in [0, 0.05) is 6.42 Å². The van der Waals surface area contributed by atoms with Crippen molar-refractivity contribution in [3.8, 4) is 0 Å². The largest absolute Gasteiger partial charge is 0.341 e. The molecule has 0 aromatic rings. The van der Waals surface area contributed by atoms with E-state index in [0.29, 0.717) is 12.8 Å². The molecule has 0 spiro atoms. The van der Waals surface area contributed by atoms with E-state index in [1.807, 2.05) is 19.9 Å². The van der Waals surface area contributed by atoms with Crippen LogP contribution in [0.5, 0.6) is 0 Å². The molecule has 3 rings (SSSR count). The highest BCUT2D eigenvalue weighted by Crippen LogP contribution is 2.55.